The molecule has 3 aromatic heterocycles. The third-order valence-corrected chi connectivity index (χ3v) is 5.76. The fourth-order valence-corrected chi connectivity index (χ4v) is 4.04. The zero-order chi connectivity index (χ0) is 25.9. The van der Waals surface area contributed by atoms with Crippen LogP contribution in [0.15, 0.2) is 24.8 Å². The van der Waals surface area contributed by atoms with Crippen molar-refractivity contribution in [3.05, 3.63) is 30.5 Å². The molecule has 0 bridgehead atoms. The van der Waals surface area contributed by atoms with Crippen molar-refractivity contribution in [2.75, 3.05) is 32.1 Å². The molecule has 0 unspecified atom stereocenters. The van der Waals surface area contributed by atoms with Gasteiger partial charge in [0.1, 0.15) is 36.1 Å². The molecule has 192 valence electrons. The molecule has 4 rings (SSSR count). The quantitative estimate of drug-likeness (QED) is 0.423. The normalized spacial score (nSPS) is 16.8. The van der Waals surface area contributed by atoms with E-state index in [4.69, 9.17) is 4.74 Å². The second-order valence-corrected chi connectivity index (χ2v) is 8.40. The summed E-state index contributed by atoms with van der Waals surface area (Å²) in [6, 6.07) is 0.204. The molecule has 3 N–H and O–H groups in total. The Morgan fingerprint density at radius 3 is 2.89 bits per heavy atom. The van der Waals surface area contributed by atoms with E-state index >= 15 is 0 Å². The van der Waals surface area contributed by atoms with Gasteiger partial charge in [-0.25, -0.2) is 19.9 Å². The Labute approximate surface area is 203 Å². The predicted molar refractivity (Wildman–Crippen MR) is 123 cm³/mol. The van der Waals surface area contributed by atoms with E-state index in [1.807, 2.05) is 5.32 Å². The molecule has 14 heteroatoms. The van der Waals surface area contributed by atoms with Gasteiger partial charge in [0.2, 0.25) is 5.91 Å². The van der Waals surface area contributed by atoms with Gasteiger partial charge in [-0.15, -0.1) is 0 Å². The number of rotatable bonds is 8. The number of aromatic amines is 1. The van der Waals surface area contributed by atoms with Crippen LogP contribution in [0.2, 0.25) is 0 Å². The minimum Gasteiger partial charge on any atom is -0.383 e. The number of alkyl halides is 3. The molecule has 0 aromatic carbocycles. The Kier molecular flexibility index (Phi) is 7.33. The highest BCUT2D eigenvalue weighted by atomic mass is 19.4. The van der Waals surface area contributed by atoms with Crippen molar-refractivity contribution in [1.29, 1.82) is 0 Å². The molecule has 1 saturated heterocycles. The van der Waals surface area contributed by atoms with E-state index in [2.05, 4.69) is 30.2 Å². The highest BCUT2D eigenvalue weighted by Crippen LogP contribution is 2.27. The molecule has 0 radical (unpaired) electrons. The van der Waals surface area contributed by atoms with Gasteiger partial charge in [0.15, 0.2) is 5.82 Å². The molecular weight excluding hydrogens is 481 g/mol. The van der Waals surface area contributed by atoms with Crippen LogP contribution in [-0.2, 0) is 9.53 Å². The third-order valence-electron chi connectivity index (χ3n) is 5.76. The van der Waals surface area contributed by atoms with Crippen LogP contribution in [0.3, 0.4) is 0 Å². The second kappa shape index (κ2) is 10.4. The molecule has 1 aliphatic heterocycles. The number of carbonyl (C=O) groups excluding carboxylic acids is 2. The van der Waals surface area contributed by atoms with Crippen molar-refractivity contribution < 1.29 is 27.5 Å². The summed E-state index contributed by atoms with van der Waals surface area (Å²) in [4.78, 5) is 47.3. The molecule has 1 fully saturated rings. The monoisotopic (exact) mass is 506 g/mol. The second-order valence-electron chi connectivity index (χ2n) is 8.40. The van der Waals surface area contributed by atoms with Gasteiger partial charge >= 0.3 is 6.18 Å². The van der Waals surface area contributed by atoms with E-state index in [1.165, 1.54) is 19.3 Å². The fraction of sp³-hybridized carbons (Fsp3) is 0.455. The van der Waals surface area contributed by atoms with E-state index in [0.29, 0.717) is 29.7 Å². The Morgan fingerprint density at radius 2 is 2.14 bits per heavy atom. The van der Waals surface area contributed by atoms with E-state index in [-0.39, 0.29) is 29.3 Å². The van der Waals surface area contributed by atoms with Crippen LogP contribution in [0.25, 0.3) is 22.4 Å². The summed E-state index contributed by atoms with van der Waals surface area (Å²) in [5.41, 5.74) is 1.13. The number of fused-ring (bicyclic) bond motifs is 1. The SMILES string of the molecule is COC[C@H]1CCCN1C(=O)c1cc(N[C@@H](C)C(=O)NCC(F)(F)F)nc(-c2c[nH]c3ncncc23)n1. The van der Waals surface area contributed by atoms with Gasteiger partial charge in [0, 0.05) is 43.1 Å². The molecule has 11 nitrogen and oxygen atoms in total. The van der Waals surface area contributed by atoms with Crippen LogP contribution in [0, 0.1) is 0 Å². The number of likely N-dealkylation sites (tertiary alicyclic amines) is 1. The third kappa shape index (κ3) is 5.70. The zero-order valence-electron chi connectivity index (χ0n) is 19.6. The summed E-state index contributed by atoms with van der Waals surface area (Å²) in [6.07, 6.45) is 1.64. The first-order valence-electron chi connectivity index (χ1n) is 11.2. The fourth-order valence-electron chi connectivity index (χ4n) is 4.04. The van der Waals surface area contributed by atoms with Crippen molar-refractivity contribution in [3.63, 3.8) is 0 Å². The van der Waals surface area contributed by atoms with Crippen LogP contribution in [0.4, 0.5) is 19.0 Å². The number of nitrogens with zero attached hydrogens (tertiary/aromatic N) is 5. The first-order valence-corrected chi connectivity index (χ1v) is 11.2. The maximum absolute atomic E-state index is 13.4. The Balaban J connectivity index is 1.67. The molecular formula is C22H25F3N8O3. The summed E-state index contributed by atoms with van der Waals surface area (Å²) >= 11 is 0. The van der Waals surface area contributed by atoms with Gasteiger partial charge in [0.25, 0.3) is 5.91 Å². The number of anilines is 1. The largest absolute Gasteiger partial charge is 0.405 e. The Hall–Kier alpha value is -3.81. The maximum Gasteiger partial charge on any atom is 0.405 e. The first kappa shape index (κ1) is 25.3. The number of aromatic nitrogens is 5. The number of H-pyrrole nitrogens is 1. The molecule has 2 amide bonds. The molecule has 3 aromatic rings. The summed E-state index contributed by atoms with van der Waals surface area (Å²) in [5, 5.41) is 5.23. The highest BCUT2D eigenvalue weighted by molar-refractivity contribution is 5.96. The summed E-state index contributed by atoms with van der Waals surface area (Å²) in [6.45, 7) is 0.850. The average molecular weight is 506 g/mol. The number of hydrogen-bond acceptors (Lipinski definition) is 8. The van der Waals surface area contributed by atoms with Gasteiger partial charge in [-0.1, -0.05) is 0 Å². The molecule has 2 atom stereocenters. The Bertz CT molecular complexity index is 1250. The minimum absolute atomic E-state index is 0.0691. The number of hydrogen-bond donors (Lipinski definition) is 3. The van der Waals surface area contributed by atoms with Gasteiger partial charge < -0.3 is 25.3 Å². The van der Waals surface area contributed by atoms with Gasteiger partial charge in [-0.3, -0.25) is 9.59 Å². The number of amides is 2. The molecule has 36 heavy (non-hydrogen) atoms. The lowest BCUT2D eigenvalue weighted by atomic mass is 10.2. The van der Waals surface area contributed by atoms with Crippen molar-refractivity contribution in [1.82, 2.24) is 35.1 Å². The summed E-state index contributed by atoms with van der Waals surface area (Å²) in [7, 11) is 1.57. The smallest absolute Gasteiger partial charge is 0.383 e. The molecule has 4 heterocycles. The average Bonchev–Trinajstić information content (AvgIpc) is 3.48. The van der Waals surface area contributed by atoms with E-state index in [1.54, 1.807) is 24.4 Å². The Morgan fingerprint density at radius 1 is 1.33 bits per heavy atom. The molecule has 0 aliphatic carbocycles. The van der Waals surface area contributed by atoms with Crippen molar-refractivity contribution in [2.24, 2.45) is 0 Å². The van der Waals surface area contributed by atoms with E-state index < -0.39 is 24.7 Å². The van der Waals surface area contributed by atoms with Crippen molar-refractivity contribution >= 4 is 28.7 Å². The van der Waals surface area contributed by atoms with Gasteiger partial charge in [-0.05, 0) is 19.8 Å². The van der Waals surface area contributed by atoms with E-state index in [0.717, 1.165) is 12.8 Å². The van der Waals surface area contributed by atoms with Gasteiger partial charge in [0.05, 0.1) is 12.6 Å². The van der Waals surface area contributed by atoms with Crippen LogP contribution < -0.4 is 10.6 Å². The van der Waals surface area contributed by atoms with Crippen LogP contribution in [0.1, 0.15) is 30.3 Å². The number of ether oxygens (including phenoxy) is 1. The van der Waals surface area contributed by atoms with Crippen molar-refractivity contribution in [2.45, 2.75) is 38.0 Å². The number of halogens is 3. The molecule has 0 spiro atoms. The molecule has 0 saturated carbocycles. The van der Waals surface area contributed by atoms with E-state index in [9.17, 15) is 22.8 Å². The number of carbonyl (C=O) groups is 2. The van der Waals surface area contributed by atoms with Crippen molar-refractivity contribution in [3.8, 4) is 11.4 Å². The zero-order valence-corrected chi connectivity index (χ0v) is 19.6. The number of methoxy groups -OCH3 is 1. The first-order chi connectivity index (χ1) is 17.2. The lowest BCUT2D eigenvalue weighted by molar-refractivity contribution is -0.138. The van der Waals surface area contributed by atoms with Crippen LogP contribution in [0.5, 0.6) is 0 Å². The predicted octanol–water partition coefficient (Wildman–Crippen LogP) is 2.14. The lowest BCUT2D eigenvalue weighted by Crippen LogP contribution is -2.42. The summed E-state index contributed by atoms with van der Waals surface area (Å²) in [5.74, 6) is -0.950. The topological polar surface area (TPSA) is 138 Å². The highest BCUT2D eigenvalue weighted by Gasteiger charge is 2.32. The minimum atomic E-state index is -4.54. The summed E-state index contributed by atoms with van der Waals surface area (Å²) < 4.78 is 42.7. The van der Waals surface area contributed by atoms with Crippen LogP contribution in [-0.4, -0.2) is 86.7 Å². The maximum atomic E-state index is 13.4. The molecule has 1 aliphatic rings. The van der Waals surface area contributed by atoms with Crippen LogP contribution >= 0.6 is 0 Å². The van der Waals surface area contributed by atoms with Gasteiger partial charge in [-0.2, -0.15) is 13.2 Å². The number of nitrogens with one attached hydrogen (secondary N) is 3. The lowest BCUT2D eigenvalue weighted by Gasteiger charge is -2.24. The standard InChI is InChI=1S/C22H25F3N8O3/c1-12(20(34)28-10-22(23,24)25)30-17-6-16(21(35)33-5-3-4-13(33)9-36-2)31-19(32-17)15-8-27-18-14(15)7-26-11-29-18/h6-8,11-13H,3-5,9-10H2,1-2H3,(H,28,34)(H,26,27,29)(H,30,31,32)/t12-,13+/m0/s1.